The first-order valence-corrected chi connectivity index (χ1v) is 6.44. The molecule has 1 aromatic carbocycles. The Hall–Kier alpha value is -1.90. The molecule has 0 bridgehead atoms. The molecule has 1 amide bonds. The summed E-state index contributed by atoms with van der Waals surface area (Å²) in [5, 5.41) is 5.29. The van der Waals surface area contributed by atoms with Crippen molar-refractivity contribution in [2.24, 2.45) is 0 Å². The van der Waals surface area contributed by atoms with Crippen LogP contribution in [0.2, 0.25) is 0 Å². The van der Waals surface area contributed by atoms with E-state index in [1.54, 1.807) is 6.20 Å². The highest BCUT2D eigenvalue weighted by Gasteiger charge is 2.19. The van der Waals surface area contributed by atoms with Gasteiger partial charge in [0.15, 0.2) is 0 Å². The van der Waals surface area contributed by atoms with Crippen LogP contribution in [-0.2, 0) is 11.2 Å². The monoisotopic (exact) mass is 240 g/mol. The summed E-state index contributed by atoms with van der Waals surface area (Å²) in [5.74, 6) is 0.129. The van der Waals surface area contributed by atoms with Gasteiger partial charge in [-0.1, -0.05) is 18.2 Å². The molecule has 1 aromatic heterocycles. The third-order valence-corrected chi connectivity index (χ3v) is 3.59. The predicted molar refractivity (Wildman–Crippen MR) is 71.2 cm³/mol. The van der Waals surface area contributed by atoms with Crippen molar-refractivity contribution in [3.05, 3.63) is 42.2 Å². The molecule has 1 N–H and O–H groups in total. The van der Waals surface area contributed by atoms with E-state index < -0.39 is 0 Å². The van der Waals surface area contributed by atoms with Gasteiger partial charge in [0.1, 0.15) is 0 Å². The highest BCUT2D eigenvalue weighted by Crippen LogP contribution is 2.20. The second kappa shape index (κ2) is 4.77. The minimum Gasteiger partial charge on any atom is -0.353 e. The van der Waals surface area contributed by atoms with E-state index in [0.29, 0.717) is 12.5 Å². The molecule has 0 unspecified atom stereocenters. The fourth-order valence-corrected chi connectivity index (χ4v) is 2.35. The molecular weight excluding hydrogens is 224 g/mol. The number of pyridine rings is 1. The molecule has 1 saturated carbocycles. The number of nitrogens with zero attached hydrogens (tertiary/aromatic N) is 1. The summed E-state index contributed by atoms with van der Waals surface area (Å²) >= 11 is 0. The number of nitrogens with one attached hydrogen (secondary N) is 1. The molecule has 1 aliphatic carbocycles. The quantitative estimate of drug-likeness (QED) is 0.895. The van der Waals surface area contributed by atoms with Gasteiger partial charge in [0, 0.05) is 23.8 Å². The first kappa shape index (κ1) is 11.2. The Balaban J connectivity index is 1.79. The zero-order valence-corrected chi connectivity index (χ0v) is 10.2. The number of benzene rings is 1. The number of carbonyl (C=O) groups excluding carboxylic acids is 1. The molecule has 3 nitrogen and oxygen atoms in total. The molecule has 0 spiro atoms. The van der Waals surface area contributed by atoms with Crippen molar-refractivity contribution in [1.29, 1.82) is 0 Å². The van der Waals surface area contributed by atoms with Gasteiger partial charge in [-0.05, 0) is 36.3 Å². The first-order chi connectivity index (χ1) is 8.83. The summed E-state index contributed by atoms with van der Waals surface area (Å²) in [7, 11) is 0. The standard InChI is InChI=1S/C15H16N2O/c18-15(17-13-5-2-6-13)9-11-3-1-4-12-10-16-8-7-14(11)12/h1,3-4,7-8,10,13H,2,5-6,9H2,(H,17,18). The third kappa shape index (κ3) is 2.21. The smallest absolute Gasteiger partial charge is 0.224 e. The topological polar surface area (TPSA) is 42.0 Å². The van der Waals surface area contributed by atoms with Crippen molar-refractivity contribution in [3.8, 4) is 0 Å². The lowest BCUT2D eigenvalue weighted by molar-refractivity contribution is -0.121. The van der Waals surface area contributed by atoms with Crippen LogP contribution in [0.1, 0.15) is 24.8 Å². The van der Waals surface area contributed by atoms with Crippen LogP contribution in [0.25, 0.3) is 10.8 Å². The zero-order valence-electron chi connectivity index (χ0n) is 10.2. The Bertz CT molecular complexity index is 570. The zero-order chi connectivity index (χ0) is 12.4. The minimum absolute atomic E-state index is 0.129. The van der Waals surface area contributed by atoms with E-state index >= 15 is 0 Å². The van der Waals surface area contributed by atoms with Gasteiger partial charge in [-0.2, -0.15) is 0 Å². The summed E-state index contributed by atoms with van der Waals surface area (Å²) in [6, 6.07) is 8.41. The van der Waals surface area contributed by atoms with Gasteiger partial charge in [-0.3, -0.25) is 9.78 Å². The van der Waals surface area contributed by atoms with Gasteiger partial charge in [-0.15, -0.1) is 0 Å². The second-order valence-electron chi connectivity index (χ2n) is 4.89. The van der Waals surface area contributed by atoms with Gasteiger partial charge in [-0.25, -0.2) is 0 Å². The molecule has 18 heavy (non-hydrogen) atoms. The molecule has 2 aromatic rings. The van der Waals surface area contributed by atoms with Crippen LogP contribution in [-0.4, -0.2) is 16.9 Å². The highest BCUT2D eigenvalue weighted by molar-refractivity contribution is 5.89. The van der Waals surface area contributed by atoms with Crippen LogP contribution >= 0.6 is 0 Å². The number of fused-ring (bicyclic) bond motifs is 1. The molecule has 0 aliphatic heterocycles. The maximum absolute atomic E-state index is 11.9. The summed E-state index contributed by atoms with van der Waals surface area (Å²) < 4.78 is 0. The average molecular weight is 240 g/mol. The van der Waals surface area contributed by atoms with Crippen LogP contribution in [0, 0.1) is 0 Å². The molecule has 1 heterocycles. The Labute approximate surface area is 106 Å². The number of aromatic nitrogens is 1. The van der Waals surface area contributed by atoms with Crippen LogP contribution in [0.3, 0.4) is 0 Å². The van der Waals surface area contributed by atoms with Crippen molar-refractivity contribution in [2.45, 2.75) is 31.7 Å². The largest absolute Gasteiger partial charge is 0.353 e. The third-order valence-electron chi connectivity index (χ3n) is 3.59. The van der Waals surface area contributed by atoms with Crippen LogP contribution in [0.4, 0.5) is 0 Å². The molecule has 0 radical (unpaired) electrons. The molecule has 1 fully saturated rings. The maximum Gasteiger partial charge on any atom is 0.224 e. The highest BCUT2D eigenvalue weighted by atomic mass is 16.1. The van der Waals surface area contributed by atoms with Gasteiger partial charge in [0.2, 0.25) is 5.91 Å². The fraction of sp³-hybridized carbons (Fsp3) is 0.333. The van der Waals surface area contributed by atoms with E-state index in [-0.39, 0.29) is 5.91 Å². The van der Waals surface area contributed by atoms with Gasteiger partial charge in [0.25, 0.3) is 0 Å². The summed E-state index contributed by atoms with van der Waals surface area (Å²) in [5.41, 5.74) is 1.08. The predicted octanol–water partition coefficient (Wildman–Crippen LogP) is 2.45. The summed E-state index contributed by atoms with van der Waals surface area (Å²) in [6.45, 7) is 0. The molecule has 0 saturated heterocycles. The molecule has 3 heteroatoms. The van der Waals surface area contributed by atoms with Crippen molar-refractivity contribution in [3.63, 3.8) is 0 Å². The van der Waals surface area contributed by atoms with Crippen molar-refractivity contribution in [2.75, 3.05) is 0 Å². The van der Waals surface area contributed by atoms with Crippen molar-refractivity contribution in [1.82, 2.24) is 10.3 Å². The Kier molecular flexibility index (Phi) is 2.97. The van der Waals surface area contributed by atoms with E-state index in [2.05, 4.69) is 10.3 Å². The van der Waals surface area contributed by atoms with E-state index in [4.69, 9.17) is 0 Å². The molecular formula is C15H16N2O. The van der Waals surface area contributed by atoms with E-state index in [1.807, 2.05) is 30.5 Å². The molecule has 3 rings (SSSR count). The minimum atomic E-state index is 0.129. The SMILES string of the molecule is O=C(Cc1cccc2cnccc12)NC1CCC1. The second-order valence-corrected chi connectivity index (χ2v) is 4.89. The van der Waals surface area contributed by atoms with Crippen molar-refractivity contribution < 1.29 is 4.79 Å². The number of carbonyl (C=O) groups is 1. The number of amides is 1. The Morgan fingerprint density at radius 3 is 3.00 bits per heavy atom. The summed E-state index contributed by atoms with van der Waals surface area (Å²) in [4.78, 5) is 16.0. The molecule has 0 atom stereocenters. The first-order valence-electron chi connectivity index (χ1n) is 6.44. The number of hydrogen-bond donors (Lipinski definition) is 1. The van der Waals surface area contributed by atoms with Crippen LogP contribution < -0.4 is 5.32 Å². The lowest BCUT2D eigenvalue weighted by Gasteiger charge is -2.26. The van der Waals surface area contributed by atoms with Crippen LogP contribution in [0.5, 0.6) is 0 Å². The van der Waals surface area contributed by atoms with E-state index in [9.17, 15) is 4.79 Å². The number of rotatable bonds is 3. The molecule has 1 aliphatic rings. The number of hydrogen-bond acceptors (Lipinski definition) is 2. The van der Waals surface area contributed by atoms with E-state index in [0.717, 1.165) is 29.2 Å². The lowest BCUT2D eigenvalue weighted by Crippen LogP contribution is -2.40. The van der Waals surface area contributed by atoms with Gasteiger partial charge >= 0.3 is 0 Å². The average Bonchev–Trinajstić information content (AvgIpc) is 2.34. The fourth-order valence-electron chi connectivity index (χ4n) is 2.35. The maximum atomic E-state index is 11.9. The summed E-state index contributed by atoms with van der Waals surface area (Å²) in [6.07, 6.45) is 7.57. The Morgan fingerprint density at radius 1 is 1.33 bits per heavy atom. The van der Waals surface area contributed by atoms with Crippen LogP contribution in [0.15, 0.2) is 36.7 Å². The Morgan fingerprint density at radius 2 is 2.22 bits per heavy atom. The lowest BCUT2D eigenvalue weighted by atomic mass is 9.93. The van der Waals surface area contributed by atoms with Gasteiger partial charge in [0.05, 0.1) is 6.42 Å². The molecule has 92 valence electrons. The van der Waals surface area contributed by atoms with E-state index in [1.165, 1.54) is 6.42 Å². The van der Waals surface area contributed by atoms with Gasteiger partial charge < -0.3 is 5.32 Å². The normalized spacial score (nSPS) is 15.3. The van der Waals surface area contributed by atoms with Crippen molar-refractivity contribution >= 4 is 16.7 Å².